The van der Waals surface area contributed by atoms with E-state index in [0.29, 0.717) is 17.7 Å². The van der Waals surface area contributed by atoms with Gasteiger partial charge in [0.25, 0.3) is 0 Å². The van der Waals surface area contributed by atoms with Crippen LogP contribution in [0.25, 0.3) is 0 Å². The van der Waals surface area contributed by atoms with E-state index >= 15 is 0 Å². The number of halogens is 1. The SMILES string of the molecule is C=C(CC)C(=O)Oc1ccccc1I. The van der Waals surface area contributed by atoms with Crippen molar-refractivity contribution < 1.29 is 9.53 Å². The van der Waals surface area contributed by atoms with Gasteiger partial charge in [0.15, 0.2) is 0 Å². The van der Waals surface area contributed by atoms with Crippen molar-refractivity contribution in [2.45, 2.75) is 13.3 Å². The van der Waals surface area contributed by atoms with E-state index in [-0.39, 0.29) is 5.97 Å². The number of rotatable bonds is 3. The van der Waals surface area contributed by atoms with E-state index in [1.807, 2.05) is 25.1 Å². The van der Waals surface area contributed by atoms with Gasteiger partial charge in [-0.05, 0) is 41.1 Å². The molecule has 0 aliphatic rings. The van der Waals surface area contributed by atoms with Gasteiger partial charge in [-0.25, -0.2) is 4.79 Å². The van der Waals surface area contributed by atoms with Gasteiger partial charge < -0.3 is 4.74 Å². The van der Waals surface area contributed by atoms with Gasteiger partial charge in [-0.2, -0.15) is 0 Å². The molecule has 0 aliphatic carbocycles. The van der Waals surface area contributed by atoms with Crippen LogP contribution in [0, 0.1) is 3.57 Å². The largest absolute Gasteiger partial charge is 0.422 e. The number of esters is 1. The highest BCUT2D eigenvalue weighted by atomic mass is 127. The number of hydrogen-bond acceptors (Lipinski definition) is 2. The van der Waals surface area contributed by atoms with Gasteiger partial charge >= 0.3 is 5.97 Å². The minimum Gasteiger partial charge on any atom is -0.422 e. The Hall–Kier alpha value is -0.840. The quantitative estimate of drug-likeness (QED) is 0.371. The Labute approximate surface area is 97.1 Å². The normalized spacial score (nSPS) is 9.57. The smallest absolute Gasteiger partial charge is 0.338 e. The maximum Gasteiger partial charge on any atom is 0.338 e. The van der Waals surface area contributed by atoms with E-state index in [1.54, 1.807) is 6.07 Å². The second-order valence-corrected chi connectivity index (χ2v) is 3.94. The third kappa shape index (κ3) is 2.83. The monoisotopic (exact) mass is 302 g/mol. The standard InChI is InChI=1S/C11H11IO2/c1-3-8(2)11(13)14-10-7-5-4-6-9(10)12/h4-7H,2-3H2,1H3. The molecule has 1 aromatic rings. The highest BCUT2D eigenvalue weighted by molar-refractivity contribution is 14.1. The number of hydrogen-bond donors (Lipinski definition) is 0. The van der Waals surface area contributed by atoms with Gasteiger partial charge in [-0.1, -0.05) is 25.6 Å². The Kier molecular flexibility index (Phi) is 4.13. The Morgan fingerprint density at radius 3 is 2.71 bits per heavy atom. The van der Waals surface area contributed by atoms with Crippen LogP contribution < -0.4 is 4.74 Å². The molecule has 0 saturated heterocycles. The molecule has 0 fully saturated rings. The predicted molar refractivity (Wildman–Crippen MR) is 64.2 cm³/mol. The van der Waals surface area contributed by atoms with Crippen LogP contribution in [0.15, 0.2) is 36.4 Å². The van der Waals surface area contributed by atoms with Crippen LogP contribution in [-0.4, -0.2) is 5.97 Å². The lowest BCUT2D eigenvalue weighted by Gasteiger charge is -2.06. The van der Waals surface area contributed by atoms with Gasteiger partial charge in [0.05, 0.1) is 3.57 Å². The van der Waals surface area contributed by atoms with Crippen LogP contribution in [-0.2, 0) is 4.79 Å². The van der Waals surface area contributed by atoms with Crippen LogP contribution in [0.2, 0.25) is 0 Å². The summed E-state index contributed by atoms with van der Waals surface area (Å²) in [6.07, 6.45) is 0.613. The summed E-state index contributed by atoms with van der Waals surface area (Å²) >= 11 is 2.12. The van der Waals surface area contributed by atoms with Crippen molar-refractivity contribution in [2.75, 3.05) is 0 Å². The maximum atomic E-state index is 11.4. The molecule has 0 aromatic heterocycles. The minimum atomic E-state index is -0.350. The van der Waals surface area contributed by atoms with Crippen LogP contribution in [0.3, 0.4) is 0 Å². The van der Waals surface area contributed by atoms with E-state index in [0.717, 1.165) is 3.57 Å². The molecule has 0 heterocycles. The molecule has 0 saturated carbocycles. The molecule has 0 unspecified atom stereocenters. The fraction of sp³-hybridized carbons (Fsp3) is 0.182. The van der Waals surface area contributed by atoms with Crippen molar-refractivity contribution in [1.29, 1.82) is 0 Å². The van der Waals surface area contributed by atoms with Gasteiger partial charge in [0.1, 0.15) is 5.75 Å². The van der Waals surface area contributed by atoms with Crippen molar-refractivity contribution in [3.05, 3.63) is 40.0 Å². The number of carbonyl (C=O) groups excluding carboxylic acids is 1. The van der Waals surface area contributed by atoms with E-state index in [9.17, 15) is 4.79 Å². The highest BCUT2D eigenvalue weighted by Crippen LogP contribution is 2.20. The van der Waals surface area contributed by atoms with Crippen molar-refractivity contribution in [3.63, 3.8) is 0 Å². The van der Waals surface area contributed by atoms with Crippen LogP contribution in [0.5, 0.6) is 5.75 Å². The molecule has 0 radical (unpaired) electrons. The zero-order valence-electron chi connectivity index (χ0n) is 7.92. The second-order valence-electron chi connectivity index (χ2n) is 2.78. The fourth-order valence-corrected chi connectivity index (χ4v) is 1.34. The van der Waals surface area contributed by atoms with E-state index in [1.165, 1.54) is 0 Å². The first-order valence-electron chi connectivity index (χ1n) is 4.29. The molecule has 0 N–H and O–H groups in total. The Balaban J connectivity index is 2.75. The van der Waals surface area contributed by atoms with Gasteiger partial charge in [0, 0.05) is 5.57 Å². The third-order valence-corrected chi connectivity index (χ3v) is 2.65. The van der Waals surface area contributed by atoms with Crippen molar-refractivity contribution in [2.24, 2.45) is 0 Å². The average Bonchev–Trinajstić information content (AvgIpc) is 2.20. The molecule has 3 heteroatoms. The van der Waals surface area contributed by atoms with Crippen molar-refractivity contribution in [1.82, 2.24) is 0 Å². The number of para-hydroxylation sites is 1. The zero-order valence-corrected chi connectivity index (χ0v) is 10.1. The summed E-state index contributed by atoms with van der Waals surface area (Å²) in [4.78, 5) is 11.4. The molecule has 0 aliphatic heterocycles. The first-order chi connectivity index (χ1) is 6.65. The van der Waals surface area contributed by atoms with Crippen molar-refractivity contribution in [3.8, 4) is 5.75 Å². The lowest BCUT2D eigenvalue weighted by atomic mass is 10.2. The van der Waals surface area contributed by atoms with E-state index < -0.39 is 0 Å². The van der Waals surface area contributed by atoms with Crippen LogP contribution in [0.1, 0.15) is 13.3 Å². The Morgan fingerprint density at radius 2 is 2.14 bits per heavy atom. The predicted octanol–water partition coefficient (Wildman–Crippen LogP) is 3.16. The van der Waals surface area contributed by atoms with Gasteiger partial charge in [-0.15, -0.1) is 0 Å². The number of benzene rings is 1. The maximum absolute atomic E-state index is 11.4. The molecule has 2 nitrogen and oxygen atoms in total. The molecule has 1 rings (SSSR count). The van der Waals surface area contributed by atoms with Gasteiger partial charge in [-0.3, -0.25) is 0 Å². The molecule has 14 heavy (non-hydrogen) atoms. The summed E-state index contributed by atoms with van der Waals surface area (Å²) in [5.74, 6) is 0.240. The second kappa shape index (κ2) is 5.14. The van der Waals surface area contributed by atoms with Crippen LogP contribution >= 0.6 is 22.6 Å². The molecule has 74 valence electrons. The van der Waals surface area contributed by atoms with Crippen LogP contribution in [0.4, 0.5) is 0 Å². The Morgan fingerprint density at radius 1 is 1.50 bits per heavy atom. The summed E-state index contributed by atoms with van der Waals surface area (Å²) in [5, 5.41) is 0. The molecule has 0 bridgehead atoms. The Bertz CT molecular complexity index is 358. The average molecular weight is 302 g/mol. The lowest BCUT2D eigenvalue weighted by Crippen LogP contribution is -2.10. The molecule has 0 spiro atoms. The fourth-order valence-electron chi connectivity index (χ4n) is 0.844. The highest BCUT2D eigenvalue weighted by Gasteiger charge is 2.09. The third-order valence-electron chi connectivity index (χ3n) is 1.75. The summed E-state index contributed by atoms with van der Waals surface area (Å²) in [6, 6.07) is 7.38. The number of ether oxygens (including phenoxy) is 1. The summed E-state index contributed by atoms with van der Waals surface area (Å²) in [5.41, 5.74) is 0.490. The topological polar surface area (TPSA) is 26.3 Å². The van der Waals surface area contributed by atoms with Crippen molar-refractivity contribution >= 4 is 28.6 Å². The first kappa shape index (κ1) is 11.2. The first-order valence-corrected chi connectivity index (χ1v) is 5.37. The molecular weight excluding hydrogens is 291 g/mol. The minimum absolute atomic E-state index is 0.350. The molecule has 1 aromatic carbocycles. The summed E-state index contributed by atoms with van der Waals surface area (Å²) < 4.78 is 6.07. The molecular formula is C11H11IO2. The van der Waals surface area contributed by atoms with E-state index in [2.05, 4.69) is 29.2 Å². The molecule has 0 atom stereocenters. The van der Waals surface area contributed by atoms with Gasteiger partial charge in [0.2, 0.25) is 0 Å². The summed E-state index contributed by atoms with van der Waals surface area (Å²) in [7, 11) is 0. The number of carbonyl (C=O) groups is 1. The van der Waals surface area contributed by atoms with E-state index in [4.69, 9.17) is 4.74 Å². The lowest BCUT2D eigenvalue weighted by molar-refractivity contribution is -0.130. The summed E-state index contributed by atoms with van der Waals surface area (Å²) in [6.45, 7) is 5.50. The molecule has 0 amide bonds. The zero-order chi connectivity index (χ0) is 10.6.